The van der Waals surface area contributed by atoms with Gasteiger partial charge in [-0.15, -0.1) is 0 Å². The Morgan fingerprint density at radius 3 is 2.55 bits per heavy atom. The SMILES string of the molecule is CCOC(=O)/C(C)=C(/N)NN. The molecule has 0 unspecified atom stereocenters. The van der Waals surface area contributed by atoms with Crippen molar-refractivity contribution in [3.63, 3.8) is 0 Å². The number of carbonyl (C=O) groups is 1. The molecule has 0 radical (unpaired) electrons. The minimum atomic E-state index is -0.456. The molecule has 5 heteroatoms. The lowest BCUT2D eigenvalue weighted by Gasteiger charge is -2.04. The van der Waals surface area contributed by atoms with Gasteiger partial charge < -0.3 is 15.9 Å². The van der Waals surface area contributed by atoms with E-state index in [9.17, 15) is 4.79 Å². The van der Waals surface area contributed by atoms with Crippen molar-refractivity contribution < 1.29 is 9.53 Å². The van der Waals surface area contributed by atoms with Gasteiger partial charge in [0.1, 0.15) is 5.82 Å². The molecule has 0 aromatic rings. The van der Waals surface area contributed by atoms with Gasteiger partial charge in [0.2, 0.25) is 0 Å². The molecule has 0 fully saturated rings. The van der Waals surface area contributed by atoms with Crippen LogP contribution in [0.5, 0.6) is 0 Å². The van der Waals surface area contributed by atoms with Crippen molar-refractivity contribution in [3.8, 4) is 0 Å². The van der Waals surface area contributed by atoms with Gasteiger partial charge >= 0.3 is 5.97 Å². The van der Waals surface area contributed by atoms with Crippen molar-refractivity contribution in [2.45, 2.75) is 13.8 Å². The number of esters is 1. The average Bonchev–Trinajstić information content (AvgIpc) is 2.02. The Morgan fingerprint density at radius 1 is 1.64 bits per heavy atom. The van der Waals surface area contributed by atoms with E-state index in [1.165, 1.54) is 6.92 Å². The van der Waals surface area contributed by atoms with Crippen molar-refractivity contribution in [3.05, 3.63) is 11.4 Å². The summed E-state index contributed by atoms with van der Waals surface area (Å²) in [6, 6.07) is 0. The van der Waals surface area contributed by atoms with Crippen LogP contribution in [0.2, 0.25) is 0 Å². The molecular weight excluding hydrogens is 146 g/mol. The van der Waals surface area contributed by atoms with Crippen LogP contribution in [0.15, 0.2) is 11.4 Å². The van der Waals surface area contributed by atoms with Crippen LogP contribution in [-0.4, -0.2) is 12.6 Å². The molecular formula is C6H13N3O2. The molecule has 0 atom stereocenters. The van der Waals surface area contributed by atoms with E-state index in [-0.39, 0.29) is 11.4 Å². The molecule has 0 aromatic heterocycles. The summed E-state index contributed by atoms with van der Waals surface area (Å²) in [4.78, 5) is 10.9. The summed E-state index contributed by atoms with van der Waals surface area (Å²) < 4.78 is 4.65. The normalized spacial score (nSPS) is 11.9. The van der Waals surface area contributed by atoms with Crippen LogP contribution >= 0.6 is 0 Å². The lowest BCUT2D eigenvalue weighted by Crippen LogP contribution is -2.29. The third-order valence-electron chi connectivity index (χ3n) is 1.14. The van der Waals surface area contributed by atoms with Crippen molar-refractivity contribution in [1.82, 2.24) is 5.43 Å². The monoisotopic (exact) mass is 159 g/mol. The predicted octanol–water partition coefficient (Wildman–Crippen LogP) is -0.797. The molecule has 64 valence electrons. The first-order valence-electron chi connectivity index (χ1n) is 3.23. The fourth-order valence-corrected chi connectivity index (χ4v) is 0.458. The summed E-state index contributed by atoms with van der Waals surface area (Å²) >= 11 is 0. The highest BCUT2D eigenvalue weighted by Crippen LogP contribution is 1.97. The Kier molecular flexibility index (Phi) is 4.05. The van der Waals surface area contributed by atoms with Crippen molar-refractivity contribution >= 4 is 5.97 Å². The molecule has 0 rings (SSSR count). The van der Waals surface area contributed by atoms with Gasteiger partial charge in [0, 0.05) is 0 Å². The smallest absolute Gasteiger partial charge is 0.337 e. The first kappa shape index (κ1) is 9.77. The largest absolute Gasteiger partial charge is 0.463 e. The Labute approximate surface area is 65.3 Å². The lowest BCUT2D eigenvalue weighted by molar-refractivity contribution is -0.138. The zero-order chi connectivity index (χ0) is 8.85. The Balaban J connectivity index is 4.22. The van der Waals surface area contributed by atoms with Crippen LogP contribution in [0.1, 0.15) is 13.8 Å². The van der Waals surface area contributed by atoms with Gasteiger partial charge in [-0.05, 0) is 13.8 Å². The summed E-state index contributed by atoms with van der Waals surface area (Å²) in [7, 11) is 0. The number of nitrogens with two attached hydrogens (primary N) is 2. The molecule has 0 aliphatic rings. The molecule has 5 nitrogen and oxygen atoms in total. The van der Waals surface area contributed by atoms with E-state index >= 15 is 0 Å². The number of hydrazine groups is 1. The van der Waals surface area contributed by atoms with E-state index in [0.29, 0.717) is 6.61 Å². The summed E-state index contributed by atoms with van der Waals surface area (Å²) in [5.74, 6) is 4.64. The van der Waals surface area contributed by atoms with Crippen LogP contribution in [0.4, 0.5) is 0 Å². The number of rotatable bonds is 3. The molecule has 0 amide bonds. The maximum absolute atomic E-state index is 10.9. The second-order valence-corrected chi connectivity index (χ2v) is 1.90. The van der Waals surface area contributed by atoms with E-state index in [4.69, 9.17) is 11.6 Å². The number of hydrogen-bond acceptors (Lipinski definition) is 5. The summed E-state index contributed by atoms with van der Waals surface area (Å²) in [5.41, 5.74) is 7.74. The Morgan fingerprint density at radius 2 is 2.18 bits per heavy atom. The van der Waals surface area contributed by atoms with Gasteiger partial charge in [0.15, 0.2) is 0 Å². The fraction of sp³-hybridized carbons (Fsp3) is 0.500. The standard InChI is InChI=1S/C6H13N3O2/c1-3-11-6(10)4(2)5(7)9-8/h9H,3,7-8H2,1-2H3/b5-4-. The molecule has 0 aliphatic heterocycles. The average molecular weight is 159 g/mol. The van der Waals surface area contributed by atoms with E-state index < -0.39 is 5.97 Å². The third-order valence-corrected chi connectivity index (χ3v) is 1.14. The summed E-state index contributed by atoms with van der Waals surface area (Å²) in [5, 5.41) is 0. The highest BCUT2D eigenvalue weighted by molar-refractivity contribution is 5.88. The van der Waals surface area contributed by atoms with Gasteiger partial charge in [-0.25, -0.2) is 10.6 Å². The van der Waals surface area contributed by atoms with Crippen LogP contribution < -0.4 is 17.0 Å². The number of ether oxygens (including phenoxy) is 1. The van der Waals surface area contributed by atoms with Crippen LogP contribution in [-0.2, 0) is 9.53 Å². The first-order chi connectivity index (χ1) is 5.13. The molecule has 0 bridgehead atoms. The van der Waals surface area contributed by atoms with Gasteiger partial charge in [0.25, 0.3) is 0 Å². The maximum atomic E-state index is 10.9. The second kappa shape index (κ2) is 4.56. The summed E-state index contributed by atoms with van der Waals surface area (Å²) in [6.07, 6.45) is 0. The molecule has 0 aromatic carbocycles. The van der Waals surface area contributed by atoms with Gasteiger partial charge in [-0.2, -0.15) is 0 Å². The molecule has 0 spiro atoms. The van der Waals surface area contributed by atoms with Crippen molar-refractivity contribution in [2.75, 3.05) is 6.61 Å². The van der Waals surface area contributed by atoms with Gasteiger partial charge in [-0.3, -0.25) is 0 Å². The van der Waals surface area contributed by atoms with Crippen molar-refractivity contribution in [2.24, 2.45) is 11.6 Å². The van der Waals surface area contributed by atoms with E-state index in [1.807, 2.05) is 0 Å². The van der Waals surface area contributed by atoms with E-state index in [0.717, 1.165) is 0 Å². The Bertz CT molecular complexity index is 177. The topological polar surface area (TPSA) is 90.4 Å². The summed E-state index contributed by atoms with van der Waals surface area (Å²) in [6.45, 7) is 3.58. The lowest BCUT2D eigenvalue weighted by atomic mass is 10.3. The maximum Gasteiger partial charge on any atom is 0.337 e. The minimum Gasteiger partial charge on any atom is -0.463 e. The van der Waals surface area contributed by atoms with E-state index in [1.54, 1.807) is 6.92 Å². The molecule has 11 heavy (non-hydrogen) atoms. The molecule has 5 N–H and O–H groups in total. The van der Waals surface area contributed by atoms with Crippen molar-refractivity contribution in [1.29, 1.82) is 0 Å². The number of carbonyl (C=O) groups excluding carboxylic acids is 1. The second-order valence-electron chi connectivity index (χ2n) is 1.90. The first-order valence-corrected chi connectivity index (χ1v) is 3.23. The molecule has 0 aliphatic carbocycles. The Hall–Kier alpha value is -1.23. The minimum absolute atomic E-state index is 0.128. The molecule has 0 heterocycles. The van der Waals surface area contributed by atoms with Gasteiger partial charge in [0.05, 0.1) is 12.2 Å². The van der Waals surface area contributed by atoms with Crippen LogP contribution in [0.25, 0.3) is 0 Å². The zero-order valence-electron chi connectivity index (χ0n) is 6.68. The highest BCUT2D eigenvalue weighted by atomic mass is 16.5. The third kappa shape index (κ3) is 2.90. The predicted molar refractivity (Wildman–Crippen MR) is 40.8 cm³/mol. The molecule has 0 saturated heterocycles. The number of nitrogens with one attached hydrogen (secondary N) is 1. The van der Waals surface area contributed by atoms with E-state index in [2.05, 4.69) is 10.2 Å². The number of hydrogen-bond donors (Lipinski definition) is 3. The van der Waals surface area contributed by atoms with Crippen LogP contribution in [0, 0.1) is 0 Å². The van der Waals surface area contributed by atoms with Crippen LogP contribution in [0.3, 0.4) is 0 Å². The quantitative estimate of drug-likeness (QED) is 0.217. The van der Waals surface area contributed by atoms with Gasteiger partial charge in [-0.1, -0.05) is 0 Å². The highest BCUT2D eigenvalue weighted by Gasteiger charge is 2.07. The zero-order valence-corrected chi connectivity index (χ0v) is 6.68. The molecule has 0 saturated carbocycles. The fourth-order valence-electron chi connectivity index (χ4n) is 0.458.